The van der Waals surface area contributed by atoms with Crippen molar-refractivity contribution in [1.29, 1.82) is 0 Å². The Bertz CT molecular complexity index is 735. The third-order valence-corrected chi connectivity index (χ3v) is 3.59. The molecule has 1 aromatic carbocycles. The summed E-state index contributed by atoms with van der Waals surface area (Å²) in [5.41, 5.74) is 0.657. The van der Waals surface area contributed by atoms with E-state index in [9.17, 15) is 9.59 Å². The molecule has 0 radical (unpaired) electrons. The first-order valence-corrected chi connectivity index (χ1v) is 7.98. The van der Waals surface area contributed by atoms with Gasteiger partial charge in [0.2, 0.25) is 0 Å². The van der Waals surface area contributed by atoms with Crippen molar-refractivity contribution in [2.24, 2.45) is 0 Å². The number of carbonyl (C=O) groups is 2. The maximum atomic E-state index is 12.1. The lowest BCUT2D eigenvalue weighted by Gasteiger charge is -2.14. The van der Waals surface area contributed by atoms with Gasteiger partial charge < -0.3 is 10.1 Å². The van der Waals surface area contributed by atoms with Crippen LogP contribution in [0.1, 0.15) is 17.3 Å². The average Bonchev–Trinajstić information content (AvgIpc) is 2.45. The van der Waals surface area contributed by atoms with Crippen molar-refractivity contribution in [1.82, 2.24) is 4.98 Å². The van der Waals surface area contributed by atoms with Gasteiger partial charge in [0.05, 0.1) is 5.56 Å². The number of hydrogen-bond donors (Lipinski definition) is 1. The number of anilines is 1. The average molecular weight is 418 g/mol. The maximum absolute atomic E-state index is 12.1. The van der Waals surface area contributed by atoms with Crippen LogP contribution in [0.2, 0.25) is 10.0 Å². The summed E-state index contributed by atoms with van der Waals surface area (Å²) in [6, 6.07) is 6.18. The van der Waals surface area contributed by atoms with Crippen molar-refractivity contribution in [3.05, 3.63) is 56.7 Å². The molecule has 0 aliphatic carbocycles. The molecule has 8 heteroatoms. The Labute approximate surface area is 151 Å². The van der Waals surface area contributed by atoms with Crippen LogP contribution in [0.3, 0.4) is 0 Å². The molecule has 0 bridgehead atoms. The summed E-state index contributed by atoms with van der Waals surface area (Å²) in [4.78, 5) is 27.9. The van der Waals surface area contributed by atoms with E-state index in [1.54, 1.807) is 12.1 Å². The van der Waals surface area contributed by atoms with Crippen molar-refractivity contribution in [3.63, 3.8) is 0 Å². The van der Waals surface area contributed by atoms with Crippen molar-refractivity contribution >= 4 is 56.7 Å². The lowest BCUT2D eigenvalue weighted by molar-refractivity contribution is -0.123. The largest absolute Gasteiger partial charge is 0.449 e. The number of carbonyl (C=O) groups excluding carboxylic acids is 2. The summed E-state index contributed by atoms with van der Waals surface area (Å²) in [5, 5.41) is 3.36. The molecule has 0 saturated carbocycles. The van der Waals surface area contributed by atoms with E-state index >= 15 is 0 Å². The Hall–Kier alpha value is -1.63. The first-order chi connectivity index (χ1) is 10.8. The van der Waals surface area contributed by atoms with Crippen molar-refractivity contribution < 1.29 is 14.3 Å². The molecule has 1 amide bonds. The second kappa shape index (κ2) is 7.77. The number of halogens is 3. The number of pyridine rings is 1. The maximum Gasteiger partial charge on any atom is 0.340 e. The molecular weight excluding hydrogens is 407 g/mol. The fraction of sp³-hybridized carbons (Fsp3) is 0.133. The van der Waals surface area contributed by atoms with Crippen LogP contribution in [-0.4, -0.2) is 23.0 Å². The third kappa shape index (κ3) is 5.20. The molecule has 1 heterocycles. The third-order valence-electron chi connectivity index (χ3n) is 2.72. The number of hydrogen-bond acceptors (Lipinski definition) is 4. The number of amides is 1. The van der Waals surface area contributed by atoms with Gasteiger partial charge in [-0.15, -0.1) is 0 Å². The highest BCUT2D eigenvalue weighted by Crippen LogP contribution is 2.22. The predicted molar refractivity (Wildman–Crippen MR) is 91.9 cm³/mol. The molecule has 0 spiro atoms. The lowest BCUT2D eigenvalue weighted by atomic mass is 10.2. The predicted octanol–water partition coefficient (Wildman–Crippen LogP) is 4.33. The minimum Gasteiger partial charge on any atom is -0.449 e. The molecule has 0 saturated heterocycles. The normalized spacial score (nSPS) is 11.7. The van der Waals surface area contributed by atoms with Crippen LogP contribution in [0, 0.1) is 0 Å². The van der Waals surface area contributed by atoms with Crippen molar-refractivity contribution in [3.8, 4) is 0 Å². The molecule has 23 heavy (non-hydrogen) atoms. The summed E-state index contributed by atoms with van der Waals surface area (Å²) in [6.07, 6.45) is 1.89. The van der Waals surface area contributed by atoms with Gasteiger partial charge in [0.1, 0.15) is 0 Å². The van der Waals surface area contributed by atoms with E-state index in [4.69, 9.17) is 27.9 Å². The van der Waals surface area contributed by atoms with Gasteiger partial charge in [-0.3, -0.25) is 9.78 Å². The van der Waals surface area contributed by atoms with Gasteiger partial charge in [-0.05, 0) is 47.1 Å². The Balaban J connectivity index is 2.01. The van der Waals surface area contributed by atoms with Crippen LogP contribution in [0.4, 0.5) is 5.69 Å². The molecule has 0 fully saturated rings. The van der Waals surface area contributed by atoms with Gasteiger partial charge in [-0.25, -0.2) is 4.79 Å². The van der Waals surface area contributed by atoms with Gasteiger partial charge in [0.25, 0.3) is 5.91 Å². The first-order valence-electron chi connectivity index (χ1n) is 6.43. The standard InChI is InChI=1S/C15H11BrCl2N2O3/c1-8(23-15(22)9-2-10(16)7-19-6-9)14(21)20-13-4-11(17)3-12(18)5-13/h2-8H,1H3,(H,20,21). The zero-order valence-corrected chi connectivity index (χ0v) is 14.9. The van der Waals surface area contributed by atoms with E-state index in [2.05, 4.69) is 26.2 Å². The zero-order chi connectivity index (χ0) is 17.0. The number of benzene rings is 1. The van der Waals surface area contributed by atoms with E-state index in [-0.39, 0.29) is 5.56 Å². The van der Waals surface area contributed by atoms with Crippen LogP contribution in [0.5, 0.6) is 0 Å². The van der Waals surface area contributed by atoms with Gasteiger partial charge in [0, 0.05) is 32.6 Å². The second-order valence-corrected chi connectivity index (χ2v) is 6.38. The monoisotopic (exact) mass is 416 g/mol. The smallest absolute Gasteiger partial charge is 0.340 e. The van der Waals surface area contributed by atoms with Gasteiger partial charge >= 0.3 is 5.97 Å². The molecular formula is C15H11BrCl2N2O3. The second-order valence-electron chi connectivity index (χ2n) is 4.59. The Morgan fingerprint density at radius 3 is 2.43 bits per heavy atom. The van der Waals surface area contributed by atoms with Crippen LogP contribution in [0.15, 0.2) is 41.1 Å². The topological polar surface area (TPSA) is 68.3 Å². The van der Waals surface area contributed by atoms with Gasteiger partial charge in [-0.2, -0.15) is 0 Å². The molecule has 2 rings (SSSR count). The first kappa shape index (κ1) is 17.7. The quantitative estimate of drug-likeness (QED) is 0.751. The molecule has 1 atom stereocenters. The van der Waals surface area contributed by atoms with Crippen LogP contribution in [-0.2, 0) is 9.53 Å². The van der Waals surface area contributed by atoms with Crippen molar-refractivity contribution in [2.45, 2.75) is 13.0 Å². The number of rotatable bonds is 4. The minimum absolute atomic E-state index is 0.241. The number of esters is 1. The number of nitrogens with one attached hydrogen (secondary N) is 1. The number of nitrogens with zero attached hydrogens (tertiary/aromatic N) is 1. The molecule has 1 N–H and O–H groups in total. The highest BCUT2D eigenvalue weighted by molar-refractivity contribution is 9.10. The molecule has 2 aromatic rings. The van der Waals surface area contributed by atoms with E-state index in [0.717, 1.165) is 0 Å². The minimum atomic E-state index is -1.00. The molecule has 0 aliphatic heterocycles. The van der Waals surface area contributed by atoms with E-state index in [0.29, 0.717) is 20.2 Å². The Morgan fingerprint density at radius 1 is 1.17 bits per heavy atom. The van der Waals surface area contributed by atoms with E-state index < -0.39 is 18.0 Å². The molecule has 0 aliphatic rings. The van der Waals surface area contributed by atoms with Crippen LogP contribution in [0.25, 0.3) is 0 Å². The molecule has 1 aromatic heterocycles. The summed E-state index contributed by atoms with van der Waals surface area (Å²) in [6.45, 7) is 1.46. The van der Waals surface area contributed by atoms with Crippen LogP contribution >= 0.6 is 39.1 Å². The summed E-state index contributed by atoms with van der Waals surface area (Å²) in [5.74, 6) is -1.15. The SMILES string of the molecule is CC(OC(=O)c1cncc(Br)c1)C(=O)Nc1cc(Cl)cc(Cl)c1. The van der Waals surface area contributed by atoms with E-state index in [1.807, 2.05) is 0 Å². The zero-order valence-electron chi connectivity index (χ0n) is 11.8. The Morgan fingerprint density at radius 2 is 1.83 bits per heavy atom. The lowest BCUT2D eigenvalue weighted by Crippen LogP contribution is -2.30. The van der Waals surface area contributed by atoms with Gasteiger partial charge in [0.15, 0.2) is 6.10 Å². The van der Waals surface area contributed by atoms with Gasteiger partial charge in [-0.1, -0.05) is 23.2 Å². The Kier molecular flexibility index (Phi) is 5.98. The van der Waals surface area contributed by atoms with Crippen LogP contribution < -0.4 is 5.32 Å². The molecule has 5 nitrogen and oxygen atoms in total. The fourth-order valence-electron chi connectivity index (χ4n) is 1.68. The summed E-state index contributed by atoms with van der Waals surface area (Å²) in [7, 11) is 0. The number of ether oxygens (including phenoxy) is 1. The summed E-state index contributed by atoms with van der Waals surface area (Å²) >= 11 is 14.9. The highest BCUT2D eigenvalue weighted by atomic mass is 79.9. The fourth-order valence-corrected chi connectivity index (χ4v) is 2.57. The summed E-state index contributed by atoms with van der Waals surface area (Å²) < 4.78 is 5.74. The molecule has 120 valence electrons. The van der Waals surface area contributed by atoms with Crippen molar-refractivity contribution in [2.75, 3.05) is 5.32 Å². The van der Waals surface area contributed by atoms with E-state index in [1.165, 1.54) is 31.5 Å². The highest BCUT2D eigenvalue weighted by Gasteiger charge is 2.19. The molecule has 1 unspecified atom stereocenters. The number of aromatic nitrogens is 1.